The molecule has 1 fully saturated rings. The summed E-state index contributed by atoms with van der Waals surface area (Å²) in [6.45, 7) is 0.582. The van der Waals surface area contributed by atoms with Crippen LogP contribution in [0.25, 0.3) is 21.7 Å². The molecule has 3 aromatic rings. The van der Waals surface area contributed by atoms with E-state index in [0.717, 1.165) is 0 Å². The van der Waals surface area contributed by atoms with Crippen molar-refractivity contribution in [3.05, 3.63) is 40.2 Å². The van der Waals surface area contributed by atoms with Gasteiger partial charge in [0.05, 0.1) is 12.0 Å². The molecule has 0 amide bonds. The third-order valence-electron chi connectivity index (χ3n) is 5.79. The van der Waals surface area contributed by atoms with Crippen molar-refractivity contribution < 1.29 is 48.6 Å². The average molecular weight is 460 g/mol. The second-order valence-electron chi connectivity index (χ2n) is 7.80. The largest absolute Gasteiger partial charge is 0.461 e. The highest BCUT2D eigenvalue weighted by molar-refractivity contribution is 6.16. The molecule has 0 bridgehead atoms. The molecule has 3 heterocycles. The maximum absolute atomic E-state index is 12.7. The van der Waals surface area contributed by atoms with Crippen LogP contribution < -0.4 is 19.8 Å². The number of carbonyl (C=O) groups is 1. The molecule has 1 aromatic heterocycles. The number of hydrogen-bond acceptors (Lipinski definition) is 11. The van der Waals surface area contributed by atoms with Crippen LogP contribution in [0.15, 0.2) is 33.5 Å². The van der Waals surface area contributed by atoms with E-state index in [1.54, 1.807) is 18.2 Å². The predicted molar refractivity (Wildman–Crippen MR) is 111 cm³/mol. The van der Waals surface area contributed by atoms with Crippen LogP contribution in [0.1, 0.15) is 17.3 Å². The topological polar surface area (TPSA) is 165 Å². The van der Waals surface area contributed by atoms with E-state index in [-0.39, 0.29) is 29.1 Å². The number of ether oxygens (including phenoxy) is 4. The zero-order chi connectivity index (χ0) is 23.4. The number of hydrogen-bond donors (Lipinski definition) is 4. The average Bonchev–Trinajstić information content (AvgIpc) is 3.28. The zero-order valence-corrected chi connectivity index (χ0v) is 17.3. The number of Topliss-reactive ketones (excluding diaryl/α,β-unsaturated/α-hetero) is 1. The summed E-state index contributed by atoms with van der Waals surface area (Å²) in [7, 11) is 0. The summed E-state index contributed by atoms with van der Waals surface area (Å²) >= 11 is 0. The lowest BCUT2D eigenvalue weighted by Gasteiger charge is -2.39. The molecule has 11 heteroatoms. The van der Waals surface area contributed by atoms with E-state index in [4.69, 9.17) is 23.4 Å². The number of aliphatic hydroxyl groups excluding tert-OH is 4. The van der Waals surface area contributed by atoms with Crippen LogP contribution in [0.4, 0.5) is 0 Å². The van der Waals surface area contributed by atoms with E-state index in [0.29, 0.717) is 22.3 Å². The van der Waals surface area contributed by atoms with Crippen LogP contribution in [-0.4, -0.2) is 70.3 Å². The van der Waals surface area contributed by atoms with E-state index in [9.17, 15) is 30.0 Å². The molecular weight excluding hydrogens is 440 g/mol. The summed E-state index contributed by atoms with van der Waals surface area (Å²) in [5, 5.41) is 40.7. The minimum absolute atomic E-state index is 0.0198. The number of ketones is 1. The van der Waals surface area contributed by atoms with E-state index in [1.807, 2.05) is 0 Å². The second-order valence-corrected chi connectivity index (χ2v) is 7.80. The van der Waals surface area contributed by atoms with E-state index >= 15 is 0 Å². The highest BCUT2D eigenvalue weighted by Crippen LogP contribution is 2.43. The molecule has 0 saturated carbocycles. The Morgan fingerprint density at radius 3 is 2.55 bits per heavy atom. The molecule has 0 aliphatic carbocycles. The molecule has 33 heavy (non-hydrogen) atoms. The molecular formula is C22H20O11. The lowest BCUT2D eigenvalue weighted by Crippen LogP contribution is -2.60. The van der Waals surface area contributed by atoms with Gasteiger partial charge in [-0.3, -0.25) is 4.79 Å². The lowest BCUT2D eigenvalue weighted by molar-refractivity contribution is -0.277. The van der Waals surface area contributed by atoms with Gasteiger partial charge < -0.3 is 43.8 Å². The lowest BCUT2D eigenvalue weighted by atomic mass is 9.99. The summed E-state index contributed by atoms with van der Waals surface area (Å²) in [6.07, 6.45) is -7.64. The van der Waals surface area contributed by atoms with Gasteiger partial charge >= 0.3 is 5.63 Å². The van der Waals surface area contributed by atoms with Gasteiger partial charge in [0.1, 0.15) is 35.7 Å². The molecule has 4 N–H and O–H groups in total. The third-order valence-corrected chi connectivity index (χ3v) is 5.79. The van der Waals surface area contributed by atoms with Crippen molar-refractivity contribution in [3.8, 4) is 17.2 Å². The van der Waals surface area contributed by atoms with Crippen molar-refractivity contribution in [2.75, 3.05) is 13.4 Å². The standard InChI is InChI=1S/C22H20O11/c1-8(24)14-11(31-22-18(27)17(26)16(25)13(6-23)32-22)4-2-9-15-10(21(28)33-19(9)14)3-5-12-20(15)30-7-29-12/h2-5,13,16-18,22-23,25-27H,6-7H2,1H3/t13-,16-,17+,18-,22-/m1/s1. The van der Waals surface area contributed by atoms with Gasteiger partial charge in [-0.25, -0.2) is 4.79 Å². The number of carbonyl (C=O) groups excluding carboxylic acids is 1. The fraction of sp³-hybridized carbons (Fsp3) is 0.364. The molecule has 0 unspecified atom stereocenters. The summed E-state index contributed by atoms with van der Waals surface area (Å²) in [5.74, 6) is 0.196. The molecule has 11 nitrogen and oxygen atoms in total. The van der Waals surface area contributed by atoms with E-state index < -0.39 is 48.7 Å². The van der Waals surface area contributed by atoms with Crippen molar-refractivity contribution in [1.29, 1.82) is 0 Å². The number of aliphatic hydroxyl groups is 4. The molecule has 174 valence electrons. The summed E-state index contributed by atoms with van der Waals surface area (Å²) < 4.78 is 27.4. The number of benzene rings is 2. The maximum atomic E-state index is 12.7. The van der Waals surface area contributed by atoms with Gasteiger partial charge in [0.2, 0.25) is 13.1 Å². The first-order chi connectivity index (χ1) is 15.8. The molecule has 2 aliphatic rings. The van der Waals surface area contributed by atoms with E-state index in [1.165, 1.54) is 13.0 Å². The molecule has 0 spiro atoms. The van der Waals surface area contributed by atoms with Gasteiger partial charge in [-0.15, -0.1) is 0 Å². The van der Waals surface area contributed by atoms with Crippen molar-refractivity contribution in [3.63, 3.8) is 0 Å². The Labute approximate surface area is 185 Å². The van der Waals surface area contributed by atoms with Crippen molar-refractivity contribution in [1.82, 2.24) is 0 Å². The molecule has 2 aliphatic heterocycles. The maximum Gasteiger partial charge on any atom is 0.344 e. The smallest absolute Gasteiger partial charge is 0.344 e. The molecule has 5 rings (SSSR count). The van der Waals surface area contributed by atoms with Crippen LogP contribution in [0.2, 0.25) is 0 Å². The highest BCUT2D eigenvalue weighted by atomic mass is 16.7. The van der Waals surface area contributed by atoms with Crippen LogP contribution in [-0.2, 0) is 4.74 Å². The van der Waals surface area contributed by atoms with Crippen LogP contribution in [0.5, 0.6) is 17.2 Å². The van der Waals surface area contributed by atoms with Gasteiger partial charge in [0.25, 0.3) is 0 Å². The van der Waals surface area contributed by atoms with Gasteiger partial charge in [0, 0.05) is 10.8 Å². The van der Waals surface area contributed by atoms with Gasteiger partial charge in [-0.05, 0) is 31.2 Å². The minimum atomic E-state index is -1.68. The molecule has 1 saturated heterocycles. The summed E-state index contributed by atoms with van der Waals surface area (Å²) in [4.78, 5) is 25.3. The van der Waals surface area contributed by atoms with E-state index in [2.05, 4.69) is 0 Å². The Bertz CT molecular complexity index is 1310. The normalized spacial score (nSPS) is 26.6. The molecule has 2 aromatic carbocycles. The predicted octanol–water partition coefficient (Wildman–Crippen LogP) is 0.0562. The van der Waals surface area contributed by atoms with Gasteiger partial charge in [-0.2, -0.15) is 0 Å². The van der Waals surface area contributed by atoms with Crippen LogP contribution in [0, 0.1) is 0 Å². The Kier molecular flexibility index (Phi) is 5.22. The Morgan fingerprint density at radius 2 is 1.82 bits per heavy atom. The summed E-state index contributed by atoms with van der Waals surface area (Å²) in [5.41, 5.74) is -0.866. The quantitative estimate of drug-likeness (QED) is 0.236. The fourth-order valence-corrected chi connectivity index (χ4v) is 4.15. The highest BCUT2D eigenvalue weighted by Gasteiger charge is 2.45. The molecule has 0 radical (unpaired) electrons. The summed E-state index contributed by atoms with van der Waals surface area (Å²) in [6, 6.07) is 6.11. The molecule has 5 atom stereocenters. The first-order valence-electron chi connectivity index (χ1n) is 10.1. The van der Waals surface area contributed by atoms with Gasteiger partial charge in [0.15, 0.2) is 22.9 Å². The van der Waals surface area contributed by atoms with Crippen molar-refractivity contribution in [2.24, 2.45) is 0 Å². The van der Waals surface area contributed by atoms with Gasteiger partial charge in [-0.1, -0.05) is 0 Å². The fourth-order valence-electron chi connectivity index (χ4n) is 4.15. The van der Waals surface area contributed by atoms with Crippen molar-refractivity contribution >= 4 is 27.5 Å². The SMILES string of the molecule is CC(=O)c1c(O[C@@H]2O[C@H](CO)[C@@H](O)[C@H](O)[C@H]2O)ccc2c1oc(=O)c1ccc3c(c12)OCO3. The second kappa shape index (κ2) is 7.97. The number of fused-ring (bicyclic) bond motifs is 5. The zero-order valence-electron chi connectivity index (χ0n) is 17.3. The minimum Gasteiger partial charge on any atom is -0.461 e. The Hall–Kier alpha value is -3.22. The monoisotopic (exact) mass is 460 g/mol. The van der Waals surface area contributed by atoms with Crippen LogP contribution in [0.3, 0.4) is 0 Å². The Balaban J connectivity index is 1.67. The third kappa shape index (κ3) is 3.33. The number of rotatable bonds is 4. The van der Waals surface area contributed by atoms with Crippen molar-refractivity contribution in [2.45, 2.75) is 37.6 Å². The first-order valence-corrected chi connectivity index (χ1v) is 10.1. The van der Waals surface area contributed by atoms with Crippen LogP contribution >= 0.6 is 0 Å². The Morgan fingerprint density at radius 1 is 1.06 bits per heavy atom. The first kappa shape index (κ1) is 21.6.